The first-order valence-electron chi connectivity index (χ1n) is 4.51. The van der Waals surface area contributed by atoms with Gasteiger partial charge in [-0.2, -0.15) is 0 Å². The normalized spacial score (nSPS) is 16.9. The molecule has 1 aromatic heterocycles. The van der Waals surface area contributed by atoms with Crippen LogP contribution in [-0.4, -0.2) is 16.8 Å². The van der Waals surface area contributed by atoms with E-state index in [0.717, 1.165) is 15.5 Å². The standard InChI is InChI=1S/C11H6N2O2/c14-10-5-6-11(15)13(10)9-4-2-7-1-3-8(7)12-9/h1-6H. The molecule has 72 valence electrons. The number of nitrogens with zero attached hydrogens (tertiary/aromatic N) is 2. The molecule has 2 aliphatic rings. The zero-order chi connectivity index (χ0) is 10.4. The molecule has 0 atom stereocenters. The second kappa shape index (κ2) is 2.63. The van der Waals surface area contributed by atoms with Crippen molar-refractivity contribution >= 4 is 29.8 Å². The van der Waals surface area contributed by atoms with Gasteiger partial charge in [-0.25, -0.2) is 9.88 Å². The van der Waals surface area contributed by atoms with E-state index in [1.165, 1.54) is 12.2 Å². The Morgan fingerprint density at radius 2 is 1.73 bits per heavy atom. The molecule has 0 bridgehead atoms. The third-order valence-electron chi connectivity index (χ3n) is 2.40. The average Bonchev–Trinajstić information content (AvgIpc) is 2.50. The van der Waals surface area contributed by atoms with E-state index in [0.29, 0.717) is 5.82 Å². The van der Waals surface area contributed by atoms with E-state index in [-0.39, 0.29) is 11.8 Å². The summed E-state index contributed by atoms with van der Waals surface area (Å²) in [7, 11) is 0. The maximum atomic E-state index is 11.4. The molecule has 2 heterocycles. The Kier molecular flexibility index (Phi) is 1.42. The van der Waals surface area contributed by atoms with E-state index in [4.69, 9.17) is 0 Å². The van der Waals surface area contributed by atoms with Gasteiger partial charge in [0.1, 0.15) is 5.82 Å². The fourth-order valence-electron chi connectivity index (χ4n) is 1.57. The van der Waals surface area contributed by atoms with Gasteiger partial charge >= 0.3 is 0 Å². The SMILES string of the molecule is O=C1C=CC(=O)N1c1ccc2c(n1)=CC=2. The number of carbonyl (C=O) groups is 2. The van der Waals surface area contributed by atoms with E-state index in [9.17, 15) is 9.59 Å². The van der Waals surface area contributed by atoms with Crippen molar-refractivity contribution in [1.29, 1.82) is 0 Å². The molecule has 1 aromatic rings. The lowest BCUT2D eigenvalue weighted by molar-refractivity contribution is -0.120. The second-order valence-corrected chi connectivity index (χ2v) is 3.32. The summed E-state index contributed by atoms with van der Waals surface area (Å²) in [4.78, 5) is 28.0. The summed E-state index contributed by atoms with van der Waals surface area (Å²) in [5, 5.41) is 1.85. The van der Waals surface area contributed by atoms with Gasteiger partial charge in [0, 0.05) is 17.4 Å². The Labute approximate surface area is 84.8 Å². The molecule has 0 unspecified atom stereocenters. The Morgan fingerprint density at radius 3 is 2.27 bits per heavy atom. The van der Waals surface area contributed by atoms with Crippen LogP contribution in [0.2, 0.25) is 0 Å². The van der Waals surface area contributed by atoms with Gasteiger partial charge in [-0.3, -0.25) is 9.59 Å². The van der Waals surface area contributed by atoms with Crippen LogP contribution in [0.25, 0.3) is 12.2 Å². The van der Waals surface area contributed by atoms with Crippen molar-refractivity contribution in [2.24, 2.45) is 0 Å². The highest BCUT2D eigenvalue weighted by atomic mass is 16.2. The number of hydrogen-bond acceptors (Lipinski definition) is 3. The zero-order valence-corrected chi connectivity index (χ0v) is 7.68. The van der Waals surface area contributed by atoms with Crippen LogP contribution in [0.4, 0.5) is 5.82 Å². The molecule has 0 saturated heterocycles. The van der Waals surface area contributed by atoms with E-state index in [1.54, 1.807) is 6.07 Å². The quantitative estimate of drug-likeness (QED) is 0.549. The van der Waals surface area contributed by atoms with Crippen molar-refractivity contribution in [3.05, 3.63) is 34.9 Å². The zero-order valence-electron chi connectivity index (χ0n) is 7.68. The van der Waals surface area contributed by atoms with Gasteiger partial charge in [0.25, 0.3) is 11.8 Å². The van der Waals surface area contributed by atoms with E-state index in [2.05, 4.69) is 4.98 Å². The third kappa shape index (κ3) is 1.05. The predicted octanol–water partition coefficient (Wildman–Crippen LogP) is -0.914. The average molecular weight is 198 g/mol. The van der Waals surface area contributed by atoms with Crippen LogP contribution in [0, 0.1) is 0 Å². The molecule has 0 radical (unpaired) electrons. The number of amides is 2. The number of imide groups is 1. The fraction of sp³-hybridized carbons (Fsp3) is 0. The van der Waals surface area contributed by atoms with Crippen molar-refractivity contribution in [3.63, 3.8) is 0 Å². The smallest absolute Gasteiger partial charge is 0.259 e. The Morgan fingerprint density at radius 1 is 1.00 bits per heavy atom. The summed E-state index contributed by atoms with van der Waals surface area (Å²) in [5.74, 6) is -0.287. The number of carbonyl (C=O) groups excluding carboxylic acids is 2. The molecule has 0 aromatic carbocycles. The molecule has 3 rings (SSSR count). The van der Waals surface area contributed by atoms with Crippen LogP contribution in [0.1, 0.15) is 0 Å². The predicted molar refractivity (Wildman–Crippen MR) is 54.1 cm³/mol. The van der Waals surface area contributed by atoms with Crippen LogP contribution < -0.4 is 15.5 Å². The number of aromatic nitrogens is 1. The number of pyridine rings is 1. The second-order valence-electron chi connectivity index (χ2n) is 3.32. The molecule has 1 aliphatic carbocycles. The summed E-state index contributed by atoms with van der Waals surface area (Å²) in [5.41, 5.74) is 0. The number of hydrogen-bond donors (Lipinski definition) is 0. The van der Waals surface area contributed by atoms with Crippen molar-refractivity contribution in [2.75, 3.05) is 4.90 Å². The van der Waals surface area contributed by atoms with Crippen LogP contribution in [0.15, 0.2) is 24.3 Å². The minimum atomic E-state index is -0.337. The molecule has 0 fully saturated rings. The maximum absolute atomic E-state index is 11.4. The monoisotopic (exact) mass is 198 g/mol. The van der Waals surface area contributed by atoms with Gasteiger partial charge in [-0.1, -0.05) is 6.08 Å². The summed E-state index contributed by atoms with van der Waals surface area (Å²) >= 11 is 0. The fourth-order valence-corrected chi connectivity index (χ4v) is 1.57. The lowest BCUT2D eigenvalue weighted by atomic mass is 10.2. The minimum Gasteiger partial charge on any atom is -0.269 e. The lowest BCUT2D eigenvalue weighted by Crippen LogP contribution is -2.38. The molecule has 4 heteroatoms. The van der Waals surface area contributed by atoms with Gasteiger partial charge in [0.15, 0.2) is 0 Å². The van der Waals surface area contributed by atoms with Gasteiger partial charge in [-0.05, 0) is 18.2 Å². The number of rotatable bonds is 1. The first-order valence-corrected chi connectivity index (χ1v) is 4.51. The minimum absolute atomic E-state index is 0.337. The van der Waals surface area contributed by atoms with E-state index >= 15 is 0 Å². The first-order chi connectivity index (χ1) is 7.25. The molecule has 15 heavy (non-hydrogen) atoms. The molecular weight excluding hydrogens is 192 g/mol. The van der Waals surface area contributed by atoms with E-state index < -0.39 is 0 Å². The van der Waals surface area contributed by atoms with Crippen LogP contribution in [0.3, 0.4) is 0 Å². The van der Waals surface area contributed by atoms with Gasteiger partial charge < -0.3 is 0 Å². The van der Waals surface area contributed by atoms with Crippen molar-refractivity contribution in [1.82, 2.24) is 4.98 Å². The summed E-state index contributed by atoms with van der Waals surface area (Å²) in [6.07, 6.45) is 6.27. The Hall–Kier alpha value is -2.23. The van der Waals surface area contributed by atoms with Crippen LogP contribution in [0.5, 0.6) is 0 Å². The molecule has 0 N–H and O–H groups in total. The highest BCUT2D eigenvalue weighted by Crippen LogP contribution is 2.13. The van der Waals surface area contributed by atoms with Crippen molar-refractivity contribution < 1.29 is 9.59 Å². The van der Waals surface area contributed by atoms with Crippen molar-refractivity contribution in [2.45, 2.75) is 0 Å². The topological polar surface area (TPSA) is 50.3 Å². The highest BCUT2D eigenvalue weighted by Gasteiger charge is 2.26. The van der Waals surface area contributed by atoms with Crippen molar-refractivity contribution in [3.8, 4) is 0 Å². The third-order valence-corrected chi connectivity index (χ3v) is 2.40. The first kappa shape index (κ1) is 8.11. The Bertz CT molecular complexity index is 610. The summed E-state index contributed by atoms with van der Waals surface area (Å²) < 4.78 is 0. The van der Waals surface area contributed by atoms with Crippen LogP contribution >= 0.6 is 0 Å². The molecular formula is C11H6N2O2. The molecule has 0 saturated carbocycles. The van der Waals surface area contributed by atoms with Crippen LogP contribution in [-0.2, 0) is 9.59 Å². The molecule has 1 aliphatic heterocycles. The van der Waals surface area contributed by atoms with Gasteiger partial charge in [0.05, 0.1) is 5.35 Å². The lowest BCUT2D eigenvalue weighted by Gasteiger charge is -2.13. The molecule has 0 spiro atoms. The summed E-state index contributed by atoms with van der Waals surface area (Å²) in [6.45, 7) is 0. The maximum Gasteiger partial charge on any atom is 0.259 e. The largest absolute Gasteiger partial charge is 0.269 e. The summed E-state index contributed by atoms with van der Waals surface area (Å²) in [6, 6.07) is 3.52. The number of fused-ring (bicyclic) bond motifs is 1. The molecule has 4 nitrogen and oxygen atoms in total. The van der Waals surface area contributed by atoms with Gasteiger partial charge in [0.2, 0.25) is 0 Å². The van der Waals surface area contributed by atoms with Gasteiger partial charge in [-0.15, -0.1) is 0 Å². The number of anilines is 1. The van der Waals surface area contributed by atoms with E-state index in [1.807, 2.05) is 18.2 Å². The molecule has 2 amide bonds. The Balaban J connectivity index is 2.11. The highest BCUT2D eigenvalue weighted by molar-refractivity contribution is 6.27.